The Morgan fingerprint density at radius 1 is 1.00 bits per heavy atom. The summed E-state index contributed by atoms with van der Waals surface area (Å²) < 4.78 is 39.5. The normalized spacial score (nSPS) is 10.4. The molecule has 0 atom stereocenters. The molecule has 18 heavy (non-hydrogen) atoms. The molecule has 0 fully saturated rings. The molecule has 0 aromatic heterocycles. The lowest BCUT2D eigenvalue weighted by Gasteiger charge is -2.11. The second-order valence-electron chi connectivity index (χ2n) is 3.96. The van der Waals surface area contributed by atoms with Gasteiger partial charge in [-0.25, -0.2) is 13.2 Å². The zero-order chi connectivity index (χ0) is 13.3. The number of nitrogens with one attached hydrogen (secondary N) is 1. The van der Waals surface area contributed by atoms with Crippen molar-refractivity contribution in [3.05, 3.63) is 53.3 Å². The molecule has 3 N–H and O–H groups in total. The number of hydrogen-bond acceptors (Lipinski definition) is 2. The Morgan fingerprint density at radius 3 is 2.39 bits per heavy atom. The zero-order valence-electron chi connectivity index (χ0n) is 9.60. The Bertz CT molecular complexity index is 597. The van der Waals surface area contributed by atoms with Gasteiger partial charge in [0.15, 0.2) is 11.6 Å². The number of aryl methyl sites for hydroxylation is 1. The van der Waals surface area contributed by atoms with Crippen molar-refractivity contribution >= 4 is 17.1 Å². The van der Waals surface area contributed by atoms with Crippen LogP contribution in [0.5, 0.6) is 0 Å². The van der Waals surface area contributed by atoms with Crippen LogP contribution in [0, 0.1) is 24.4 Å². The second-order valence-corrected chi connectivity index (χ2v) is 3.96. The average Bonchev–Trinajstić information content (AvgIpc) is 2.29. The molecule has 2 aromatic rings. The van der Waals surface area contributed by atoms with Gasteiger partial charge in [0.1, 0.15) is 5.82 Å². The van der Waals surface area contributed by atoms with E-state index in [0.717, 1.165) is 11.6 Å². The van der Waals surface area contributed by atoms with E-state index in [2.05, 4.69) is 5.32 Å². The number of benzene rings is 2. The van der Waals surface area contributed by atoms with Crippen LogP contribution in [0.1, 0.15) is 5.56 Å². The molecule has 94 valence electrons. The minimum atomic E-state index is -1.25. The highest BCUT2D eigenvalue weighted by atomic mass is 19.2. The van der Waals surface area contributed by atoms with Crippen molar-refractivity contribution < 1.29 is 13.2 Å². The molecule has 0 bridgehead atoms. The molecule has 0 amide bonds. The zero-order valence-corrected chi connectivity index (χ0v) is 9.60. The van der Waals surface area contributed by atoms with Crippen LogP contribution in [0.25, 0.3) is 0 Å². The van der Waals surface area contributed by atoms with E-state index in [0.29, 0.717) is 17.4 Å². The fourth-order valence-corrected chi connectivity index (χ4v) is 1.59. The van der Waals surface area contributed by atoms with E-state index in [4.69, 9.17) is 5.73 Å². The molecule has 5 heteroatoms. The van der Waals surface area contributed by atoms with Gasteiger partial charge in [0.2, 0.25) is 0 Å². The van der Waals surface area contributed by atoms with Crippen molar-refractivity contribution in [3.63, 3.8) is 0 Å². The average molecular weight is 252 g/mol. The van der Waals surface area contributed by atoms with Gasteiger partial charge in [-0.3, -0.25) is 0 Å². The summed E-state index contributed by atoms with van der Waals surface area (Å²) in [5, 5.41) is 2.57. The number of nitrogen functional groups attached to an aromatic ring is 1. The third-order valence-corrected chi connectivity index (χ3v) is 2.47. The monoisotopic (exact) mass is 252 g/mol. The molecule has 0 unspecified atom stereocenters. The Kier molecular flexibility index (Phi) is 3.14. The predicted molar refractivity (Wildman–Crippen MR) is 65.2 cm³/mol. The lowest BCUT2D eigenvalue weighted by Crippen LogP contribution is -2.01. The Balaban J connectivity index is 2.40. The first-order valence-electron chi connectivity index (χ1n) is 5.25. The second kappa shape index (κ2) is 4.60. The maximum atomic E-state index is 13.4. The van der Waals surface area contributed by atoms with Crippen LogP contribution in [0.2, 0.25) is 0 Å². The highest BCUT2D eigenvalue weighted by molar-refractivity contribution is 5.73. The number of halogens is 3. The maximum Gasteiger partial charge on any atom is 0.182 e. The fourth-order valence-electron chi connectivity index (χ4n) is 1.59. The summed E-state index contributed by atoms with van der Waals surface area (Å²) >= 11 is 0. The highest BCUT2D eigenvalue weighted by Crippen LogP contribution is 2.27. The maximum absolute atomic E-state index is 13.4. The summed E-state index contributed by atoms with van der Waals surface area (Å²) in [6.07, 6.45) is 0. The van der Waals surface area contributed by atoms with E-state index in [1.165, 1.54) is 0 Å². The third-order valence-electron chi connectivity index (χ3n) is 2.47. The standard InChI is InChI=1S/C13H11F3N2/c1-7-2-3-11(10(17)4-7)18-12-6-8(14)5-9(15)13(12)16/h2-6,18H,17H2,1H3. The molecule has 0 saturated heterocycles. The highest BCUT2D eigenvalue weighted by Gasteiger charge is 2.12. The van der Waals surface area contributed by atoms with E-state index in [-0.39, 0.29) is 5.69 Å². The van der Waals surface area contributed by atoms with Crippen LogP contribution >= 0.6 is 0 Å². The molecule has 0 saturated carbocycles. The molecular weight excluding hydrogens is 241 g/mol. The summed E-state index contributed by atoms with van der Waals surface area (Å²) in [7, 11) is 0. The van der Waals surface area contributed by atoms with Gasteiger partial charge in [-0.05, 0) is 24.6 Å². The van der Waals surface area contributed by atoms with Crippen LogP contribution in [-0.2, 0) is 0 Å². The molecule has 0 aliphatic carbocycles. The molecular formula is C13H11F3N2. The summed E-state index contributed by atoms with van der Waals surface area (Å²) in [4.78, 5) is 0. The van der Waals surface area contributed by atoms with Crippen LogP contribution in [0.4, 0.5) is 30.2 Å². The molecule has 0 heterocycles. The van der Waals surface area contributed by atoms with Crippen LogP contribution < -0.4 is 11.1 Å². The van der Waals surface area contributed by atoms with Gasteiger partial charge >= 0.3 is 0 Å². The number of nitrogens with two attached hydrogens (primary N) is 1. The SMILES string of the molecule is Cc1ccc(Nc2cc(F)cc(F)c2F)c(N)c1. The molecule has 2 aromatic carbocycles. The Hall–Kier alpha value is -2.17. The quantitative estimate of drug-likeness (QED) is 0.631. The van der Waals surface area contributed by atoms with Crippen molar-refractivity contribution in [2.75, 3.05) is 11.1 Å². The molecule has 2 nitrogen and oxygen atoms in total. The minimum Gasteiger partial charge on any atom is -0.397 e. The first-order valence-corrected chi connectivity index (χ1v) is 5.25. The van der Waals surface area contributed by atoms with Gasteiger partial charge in [-0.15, -0.1) is 0 Å². The summed E-state index contributed by atoms with van der Waals surface area (Å²) in [5.41, 5.74) is 7.14. The van der Waals surface area contributed by atoms with Crippen LogP contribution in [-0.4, -0.2) is 0 Å². The summed E-state index contributed by atoms with van der Waals surface area (Å²) in [6, 6.07) is 6.41. The molecule has 0 aliphatic heterocycles. The fraction of sp³-hybridized carbons (Fsp3) is 0.0769. The predicted octanol–water partition coefficient (Wildman–Crippen LogP) is 3.74. The van der Waals surface area contributed by atoms with Crippen molar-refractivity contribution in [1.82, 2.24) is 0 Å². The lowest BCUT2D eigenvalue weighted by atomic mass is 10.2. The first kappa shape index (κ1) is 12.3. The van der Waals surface area contributed by atoms with Gasteiger partial charge in [0.25, 0.3) is 0 Å². The number of hydrogen-bond donors (Lipinski definition) is 2. The van der Waals surface area contributed by atoms with E-state index in [1.54, 1.807) is 18.2 Å². The Labute approximate surface area is 102 Å². The van der Waals surface area contributed by atoms with Crippen LogP contribution in [0.3, 0.4) is 0 Å². The summed E-state index contributed by atoms with van der Waals surface area (Å²) in [6.45, 7) is 1.85. The van der Waals surface area contributed by atoms with Crippen molar-refractivity contribution in [3.8, 4) is 0 Å². The minimum absolute atomic E-state index is 0.289. The van der Waals surface area contributed by atoms with Crippen molar-refractivity contribution in [2.45, 2.75) is 6.92 Å². The van der Waals surface area contributed by atoms with Gasteiger partial charge in [0, 0.05) is 12.1 Å². The molecule has 0 radical (unpaired) electrons. The summed E-state index contributed by atoms with van der Waals surface area (Å²) in [5.74, 6) is -3.25. The van der Waals surface area contributed by atoms with Crippen molar-refractivity contribution in [1.29, 1.82) is 0 Å². The van der Waals surface area contributed by atoms with Crippen LogP contribution in [0.15, 0.2) is 30.3 Å². The molecule has 0 spiro atoms. The van der Waals surface area contributed by atoms with E-state index in [9.17, 15) is 13.2 Å². The third kappa shape index (κ3) is 2.40. The van der Waals surface area contributed by atoms with Gasteiger partial charge in [-0.1, -0.05) is 6.07 Å². The smallest absolute Gasteiger partial charge is 0.182 e. The Morgan fingerprint density at radius 2 is 1.72 bits per heavy atom. The van der Waals surface area contributed by atoms with E-state index < -0.39 is 17.5 Å². The van der Waals surface area contributed by atoms with Crippen molar-refractivity contribution in [2.24, 2.45) is 0 Å². The molecule has 2 rings (SSSR count). The van der Waals surface area contributed by atoms with Gasteiger partial charge in [0.05, 0.1) is 17.1 Å². The van der Waals surface area contributed by atoms with Gasteiger partial charge < -0.3 is 11.1 Å². The lowest BCUT2D eigenvalue weighted by molar-refractivity contribution is 0.498. The topological polar surface area (TPSA) is 38.0 Å². The van der Waals surface area contributed by atoms with Gasteiger partial charge in [-0.2, -0.15) is 0 Å². The largest absolute Gasteiger partial charge is 0.397 e. The first-order chi connectivity index (χ1) is 8.47. The van der Waals surface area contributed by atoms with E-state index >= 15 is 0 Å². The number of rotatable bonds is 2. The number of anilines is 3. The molecule has 0 aliphatic rings. The van der Waals surface area contributed by atoms with E-state index in [1.807, 2.05) is 6.92 Å².